The van der Waals surface area contributed by atoms with Crippen molar-refractivity contribution in [3.05, 3.63) is 64.2 Å². The smallest absolute Gasteiger partial charge is 0.261 e. The van der Waals surface area contributed by atoms with E-state index in [9.17, 15) is 13.2 Å². The van der Waals surface area contributed by atoms with Gasteiger partial charge in [-0.05, 0) is 49.2 Å². The summed E-state index contributed by atoms with van der Waals surface area (Å²) in [5.74, 6) is -0.220. The van der Waals surface area contributed by atoms with E-state index in [2.05, 4.69) is 20.2 Å². The molecule has 0 aliphatic heterocycles. The molecule has 3 rings (SSSR count). The van der Waals surface area contributed by atoms with Crippen LogP contribution in [-0.4, -0.2) is 24.5 Å². The lowest BCUT2D eigenvalue weighted by molar-refractivity contribution is 0.102. The number of hydrogen-bond donors (Lipinski definition) is 2. The molecule has 0 saturated heterocycles. The van der Waals surface area contributed by atoms with Gasteiger partial charge >= 0.3 is 0 Å². The SMILES string of the molecule is Cc1cccc(NS(=O)(=O)c2ccc(C)c(C(=O)Nc3nnc(C(C)C)s3)c2)c1. The Labute approximate surface area is 174 Å². The van der Waals surface area contributed by atoms with Crippen LogP contribution in [0.2, 0.25) is 0 Å². The molecule has 0 radical (unpaired) electrons. The second-order valence-corrected chi connectivity index (χ2v) is 9.70. The first-order chi connectivity index (χ1) is 13.7. The van der Waals surface area contributed by atoms with E-state index in [1.165, 1.54) is 23.5 Å². The van der Waals surface area contributed by atoms with E-state index in [-0.39, 0.29) is 16.4 Å². The van der Waals surface area contributed by atoms with Crippen molar-refractivity contribution in [3.8, 4) is 0 Å². The van der Waals surface area contributed by atoms with Crippen LogP contribution in [0.15, 0.2) is 47.4 Å². The third kappa shape index (κ3) is 4.99. The predicted molar refractivity (Wildman–Crippen MR) is 115 cm³/mol. The molecular formula is C20H22N4O3S2. The first-order valence-electron chi connectivity index (χ1n) is 9.00. The van der Waals surface area contributed by atoms with Gasteiger partial charge in [0.25, 0.3) is 15.9 Å². The van der Waals surface area contributed by atoms with Crippen molar-refractivity contribution in [2.75, 3.05) is 10.0 Å². The number of sulfonamides is 1. The fourth-order valence-electron chi connectivity index (χ4n) is 2.62. The molecule has 7 nitrogen and oxygen atoms in total. The summed E-state index contributed by atoms with van der Waals surface area (Å²) in [6, 6.07) is 11.5. The zero-order valence-electron chi connectivity index (χ0n) is 16.6. The molecule has 1 amide bonds. The molecule has 0 atom stereocenters. The molecule has 3 aromatic rings. The van der Waals surface area contributed by atoms with Crippen LogP contribution in [0, 0.1) is 13.8 Å². The van der Waals surface area contributed by atoms with Crippen LogP contribution < -0.4 is 10.0 Å². The molecule has 152 valence electrons. The van der Waals surface area contributed by atoms with Crippen LogP contribution in [0.4, 0.5) is 10.8 Å². The predicted octanol–water partition coefficient (Wildman–Crippen LogP) is 4.33. The molecule has 29 heavy (non-hydrogen) atoms. The maximum Gasteiger partial charge on any atom is 0.261 e. The van der Waals surface area contributed by atoms with Crippen molar-refractivity contribution in [3.63, 3.8) is 0 Å². The minimum absolute atomic E-state index is 0.00916. The molecule has 2 aromatic carbocycles. The van der Waals surface area contributed by atoms with Gasteiger partial charge in [-0.25, -0.2) is 8.42 Å². The minimum atomic E-state index is -3.84. The third-order valence-corrected chi connectivity index (χ3v) is 6.71. The Hall–Kier alpha value is -2.78. The third-order valence-electron chi connectivity index (χ3n) is 4.19. The zero-order valence-corrected chi connectivity index (χ0v) is 18.2. The molecule has 9 heteroatoms. The number of anilines is 2. The molecular weight excluding hydrogens is 408 g/mol. The van der Waals surface area contributed by atoms with Crippen LogP contribution in [0.1, 0.15) is 46.3 Å². The first kappa shape index (κ1) is 20.9. The fraction of sp³-hybridized carbons (Fsp3) is 0.250. The van der Waals surface area contributed by atoms with E-state index in [1.54, 1.807) is 31.2 Å². The largest absolute Gasteiger partial charge is 0.296 e. The monoisotopic (exact) mass is 430 g/mol. The molecule has 1 aromatic heterocycles. The van der Waals surface area contributed by atoms with E-state index in [1.807, 2.05) is 26.8 Å². The van der Waals surface area contributed by atoms with Gasteiger partial charge in [-0.3, -0.25) is 14.8 Å². The summed E-state index contributed by atoms with van der Waals surface area (Å²) in [7, 11) is -3.84. The van der Waals surface area contributed by atoms with E-state index in [4.69, 9.17) is 0 Å². The minimum Gasteiger partial charge on any atom is -0.296 e. The van der Waals surface area contributed by atoms with Crippen LogP contribution in [0.5, 0.6) is 0 Å². The number of nitrogens with one attached hydrogen (secondary N) is 2. The standard InChI is InChI=1S/C20H22N4O3S2/c1-12(2)19-22-23-20(28-19)21-18(25)17-11-16(9-8-14(17)4)29(26,27)24-15-7-5-6-13(3)10-15/h5-12,24H,1-4H3,(H,21,23,25). The van der Waals surface area contributed by atoms with Gasteiger partial charge in [-0.1, -0.05) is 43.4 Å². The van der Waals surface area contributed by atoms with Crippen molar-refractivity contribution >= 4 is 38.1 Å². The molecule has 0 saturated carbocycles. The lowest BCUT2D eigenvalue weighted by atomic mass is 10.1. The van der Waals surface area contributed by atoms with Crippen molar-refractivity contribution in [1.82, 2.24) is 10.2 Å². The van der Waals surface area contributed by atoms with Crippen LogP contribution in [0.25, 0.3) is 0 Å². The highest BCUT2D eigenvalue weighted by Gasteiger charge is 2.19. The number of hydrogen-bond acceptors (Lipinski definition) is 6. The highest BCUT2D eigenvalue weighted by atomic mass is 32.2. The Balaban J connectivity index is 1.85. The highest BCUT2D eigenvalue weighted by Crippen LogP contribution is 2.24. The van der Waals surface area contributed by atoms with Crippen molar-refractivity contribution < 1.29 is 13.2 Å². The molecule has 0 aliphatic rings. The lowest BCUT2D eigenvalue weighted by Crippen LogP contribution is -2.17. The summed E-state index contributed by atoms with van der Waals surface area (Å²) in [5, 5.41) is 11.9. The van der Waals surface area contributed by atoms with E-state index < -0.39 is 15.9 Å². The highest BCUT2D eigenvalue weighted by molar-refractivity contribution is 7.92. The topological polar surface area (TPSA) is 101 Å². The van der Waals surface area contributed by atoms with Gasteiger partial charge in [0.15, 0.2) is 0 Å². The number of aryl methyl sites for hydroxylation is 2. The lowest BCUT2D eigenvalue weighted by Gasteiger charge is -2.11. The summed E-state index contributed by atoms with van der Waals surface area (Å²) in [4.78, 5) is 12.7. The van der Waals surface area contributed by atoms with E-state index in [0.717, 1.165) is 10.6 Å². The Morgan fingerprint density at radius 3 is 2.48 bits per heavy atom. The van der Waals surface area contributed by atoms with Gasteiger partial charge in [-0.15, -0.1) is 10.2 Å². The molecule has 1 heterocycles. The number of nitrogens with zero attached hydrogens (tertiary/aromatic N) is 2. The summed E-state index contributed by atoms with van der Waals surface area (Å²) in [5.41, 5.74) is 2.32. The van der Waals surface area contributed by atoms with Gasteiger partial charge in [0, 0.05) is 17.2 Å². The summed E-state index contributed by atoms with van der Waals surface area (Å²) >= 11 is 1.30. The maximum atomic E-state index is 12.8. The molecule has 0 fully saturated rings. The zero-order chi connectivity index (χ0) is 21.2. The first-order valence-corrected chi connectivity index (χ1v) is 11.3. The summed E-state index contributed by atoms with van der Waals surface area (Å²) < 4.78 is 28.1. The summed E-state index contributed by atoms with van der Waals surface area (Å²) in [6.07, 6.45) is 0. The summed E-state index contributed by atoms with van der Waals surface area (Å²) in [6.45, 7) is 7.61. The molecule has 0 bridgehead atoms. The second kappa shape index (κ2) is 8.30. The van der Waals surface area contributed by atoms with Crippen molar-refractivity contribution in [2.45, 2.75) is 38.5 Å². The van der Waals surface area contributed by atoms with Gasteiger partial charge in [-0.2, -0.15) is 0 Å². The fourth-order valence-corrected chi connectivity index (χ4v) is 4.43. The Morgan fingerprint density at radius 2 is 1.83 bits per heavy atom. The van der Waals surface area contributed by atoms with Gasteiger partial charge < -0.3 is 0 Å². The second-order valence-electron chi connectivity index (χ2n) is 7.01. The van der Waals surface area contributed by atoms with Crippen LogP contribution in [0.3, 0.4) is 0 Å². The number of aromatic nitrogens is 2. The van der Waals surface area contributed by atoms with E-state index >= 15 is 0 Å². The number of amides is 1. The molecule has 0 unspecified atom stereocenters. The molecule has 0 spiro atoms. The number of carbonyl (C=O) groups excluding carboxylic acids is 1. The maximum absolute atomic E-state index is 12.8. The Kier molecular flexibility index (Phi) is 5.99. The normalized spacial score (nSPS) is 11.5. The average Bonchev–Trinajstić information content (AvgIpc) is 3.10. The number of benzene rings is 2. The van der Waals surface area contributed by atoms with Crippen LogP contribution in [-0.2, 0) is 10.0 Å². The Bertz CT molecular complexity index is 1150. The molecule has 0 aliphatic carbocycles. The van der Waals surface area contributed by atoms with Gasteiger partial charge in [0.2, 0.25) is 5.13 Å². The average molecular weight is 431 g/mol. The Morgan fingerprint density at radius 1 is 1.07 bits per heavy atom. The number of carbonyl (C=O) groups is 1. The quantitative estimate of drug-likeness (QED) is 0.606. The van der Waals surface area contributed by atoms with Crippen molar-refractivity contribution in [1.29, 1.82) is 0 Å². The van der Waals surface area contributed by atoms with Crippen LogP contribution >= 0.6 is 11.3 Å². The number of rotatable bonds is 6. The van der Waals surface area contributed by atoms with Crippen molar-refractivity contribution in [2.24, 2.45) is 0 Å². The van der Waals surface area contributed by atoms with Gasteiger partial charge in [0.1, 0.15) is 5.01 Å². The molecule has 2 N–H and O–H groups in total. The van der Waals surface area contributed by atoms with E-state index in [0.29, 0.717) is 16.4 Å². The van der Waals surface area contributed by atoms with Gasteiger partial charge in [0.05, 0.1) is 4.90 Å².